The highest BCUT2D eigenvalue weighted by molar-refractivity contribution is 7.80. The van der Waals surface area contributed by atoms with E-state index in [1.807, 2.05) is 26.0 Å². The van der Waals surface area contributed by atoms with Gasteiger partial charge in [0.25, 0.3) is 0 Å². The maximum atomic E-state index is 9.00. The van der Waals surface area contributed by atoms with Crippen molar-refractivity contribution in [3.8, 4) is 0 Å². The monoisotopic (exact) mass is 178 g/mol. The molecule has 0 aromatic heterocycles. The van der Waals surface area contributed by atoms with Crippen LogP contribution in [-0.4, -0.2) is 37.2 Å². The molecule has 0 rings (SSSR count). The predicted molar refractivity (Wildman–Crippen MR) is 49.1 cm³/mol. The van der Waals surface area contributed by atoms with Gasteiger partial charge in [-0.3, -0.25) is 0 Å². The Hall–Kier alpha value is -1.04. The molecule has 11 heavy (non-hydrogen) atoms. The number of urea groups is 1. The molecule has 0 aliphatic rings. The standard InChI is InChI=1S/C4H10N2S.CH4N2O/c1-5-4(7)6(2)3;2-1(3)4/h1-3H3,(H,5,7);(H4,2,3,4). The zero-order valence-electron chi connectivity index (χ0n) is 6.92. The molecule has 0 aliphatic heterocycles. The molecule has 0 radical (unpaired) electrons. The van der Waals surface area contributed by atoms with Crippen LogP contribution in [0.2, 0.25) is 0 Å². The van der Waals surface area contributed by atoms with E-state index in [4.69, 9.17) is 17.0 Å². The van der Waals surface area contributed by atoms with Gasteiger partial charge in [0, 0.05) is 21.1 Å². The van der Waals surface area contributed by atoms with Crippen molar-refractivity contribution in [3.05, 3.63) is 0 Å². The molecule has 66 valence electrons. The van der Waals surface area contributed by atoms with Crippen LogP contribution in [0.4, 0.5) is 4.79 Å². The largest absolute Gasteiger partial charge is 0.366 e. The lowest BCUT2D eigenvalue weighted by Crippen LogP contribution is -2.30. The zero-order valence-corrected chi connectivity index (χ0v) is 7.73. The SMILES string of the molecule is CNC(=S)N(C)C.NC(N)=O. The minimum Gasteiger partial charge on any atom is -0.366 e. The molecular formula is C5H14N4OS. The summed E-state index contributed by atoms with van der Waals surface area (Å²) in [6.07, 6.45) is 0. The first-order chi connectivity index (χ1) is 4.91. The van der Waals surface area contributed by atoms with Crippen molar-refractivity contribution in [2.45, 2.75) is 0 Å². The molecule has 0 fully saturated rings. The highest BCUT2D eigenvalue weighted by Gasteiger charge is 1.88. The molecule has 2 amide bonds. The smallest absolute Gasteiger partial charge is 0.309 e. The fourth-order valence-electron chi connectivity index (χ4n) is 0.224. The van der Waals surface area contributed by atoms with Gasteiger partial charge in [0.2, 0.25) is 0 Å². The summed E-state index contributed by atoms with van der Waals surface area (Å²) >= 11 is 4.79. The number of nitrogens with zero attached hydrogens (tertiary/aromatic N) is 1. The molecule has 0 aromatic rings. The Balaban J connectivity index is 0. The second kappa shape index (κ2) is 7.07. The van der Waals surface area contributed by atoms with Crippen molar-refractivity contribution in [1.82, 2.24) is 10.2 Å². The topological polar surface area (TPSA) is 84.4 Å². The zero-order chi connectivity index (χ0) is 9.44. The Bertz CT molecular complexity index is 132. The Kier molecular flexibility index (Phi) is 8.11. The van der Waals surface area contributed by atoms with Gasteiger partial charge in [-0.1, -0.05) is 0 Å². The number of carbonyl (C=O) groups is 1. The third kappa shape index (κ3) is 17.6. The molecule has 0 saturated carbocycles. The number of amides is 2. The number of carbonyl (C=O) groups excluding carboxylic acids is 1. The Morgan fingerprint density at radius 1 is 1.45 bits per heavy atom. The number of thiocarbonyl (C=S) groups is 1. The number of nitrogens with one attached hydrogen (secondary N) is 1. The van der Waals surface area contributed by atoms with Crippen molar-refractivity contribution in [2.24, 2.45) is 11.5 Å². The Morgan fingerprint density at radius 2 is 1.73 bits per heavy atom. The summed E-state index contributed by atoms with van der Waals surface area (Å²) in [5.74, 6) is 0. The number of nitrogens with two attached hydrogens (primary N) is 2. The van der Waals surface area contributed by atoms with Gasteiger partial charge < -0.3 is 21.7 Å². The van der Waals surface area contributed by atoms with Gasteiger partial charge in [-0.2, -0.15) is 0 Å². The Labute approximate surface area is 71.7 Å². The van der Waals surface area contributed by atoms with Gasteiger partial charge in [-0.05, 0) is 12.2 Å². The van der Waals surface area contributed by atoms with Crippen LogP contribution in [-0.2, 0) is 0 Å². The summed E-state index contributed by atoms with van der Waals surface area (Å²) in [4.78, 5) is 10.8. The molecule has 0 heterocycles. The van der Waals surface area contributed by atoms with Gasteiger partial charge in [0.15, 0.2) is 5.11 Å². The number of hydrogen-bond donors (Lipinski definition) is 3. The van der Waals surface area contributed by atoms with Crippen molar-refractivity contribution < 1.29 is 4.79 Å². The summed E-state index contributed by atoms with van der Waals surface area (Å²) in [5.41, 5.74) is 8.50. The maximum Gasteiger partial charge on any atom is 0.309 e. The van der Waals surface area contributed by atoms with E-state index in [1.54, 1.807) is 0 Å². The summed E-state index contributed by atoms with van der Waals surface area (Å²) in [7, 11) is 5.61. The van der Waals surface area contributed by atoms with E-state index in [0.717, 1.165) is 5.11 Å². The van der Waals surface area contributed by atoms with Gasteiger partial charge >= 0.3 is 6.03 Å². The van der Waals surface area contributed by atoms with E-state index in [1.165, 1.54) is 0 Å². The van der Waals surface area contributed by atoms with Crippen LogP contribution < -0.4 is 16.8 Å². The van der Waals surface area contributed by atoms with E-state index in [-0.39, 0.29) is 0 Å². The lowest BCUT2D eigenvalue weighted by molar-refractivity contribution is 0.256. The van der Waals surface area contributed by atoms with Crippen molar-refractivity contribution in [1.29, 1.82) is 0 Å². The highest BCUT2D eigenvalue weighted by Crippen LogP contribution is 1.72. The van der Waals surface area contributed by atoms with Gasteiger partial charge in [-0.15, -0.1) is 0 Å². The van der Waals surface area contributed by atoms with E-state index in [9.17, 15) is 0 Å². The van der Waals surface area contributed by atoms with Crippen molar-refractivity contribution in [2.75, 3.05) is 21.1 Å². The molecule has 0 atom stereocenters. The number of primary amides is 2. The molecule has 0 spiro atoms. The summed E-state index contributed by atoms with van der Waals surface area (Å²) in [5, 5.41) is 3.59. The lowest BCUT2D eigenvalue weighted by Gasteiger charge is -2.11. The molecular weight excluding hydrogens is 164 g/mol. The van der Waals surface area contributed by atoms with E-state index in [2.05, 4.69) is 16.8 Å². The van der Waals surface area contributed by atoms with Crippen LogP contribution in [0.5, 0.6) is 0 Å². The molecule has 0 bridgehead atoms. The second-order valence-corrected chi connectivity index (χ2v) is 2.24. The van der Waals surface area contributed by atoms with E-state index in [0.29, 0.717) is 0 Å². The lowest BCUT2D eigenvalue weighted by atomic mass is 10.9. The molecule has 0 aliphatic carbocycles. The van der Waals surface area contributed by atoms with E-state index < -0.39 is 6.03 Å². The van der Waals surface area contributed by atoms with Gasteiger partial charge in [0.05, 0.1) is 0 Å². The van der Waals surface area contributed by atoms with Crippen molar-refractivity contribution in [3.63, 3.8) is 0 Å². The first-order valence-electron chi connectivity index (χ1n) is 2.85. The van der Waals surface area contributed by atoms with Crippen LogP contribution in [0.15, 0.2) is 0 Å². The fraction of sp³-hybridized carbons (Fsp3) is 0.600. The average Bonchev–Trinajstić information content (AvgIpc) is 1.85. The predicted octanol–water partition coefficient (Wildman–Crippen LogP) is -0.924. The normalized spacial score (nSPS) is 7.18. The minimum atomic E-state index is -0.833. The van der Waals surface area contributed by atoms with Crippen LogP contribution >= 0.6 is 12.2 Å². The molecule has 5 N–H and O–H groups in total. The second-order valence-electron chi connectivity index (χ2n) is 1.85. The maximum absolute atomic E-state index is 9.00. The molecule has 5 nitrogen and oxygen atoms in total. The fourth-order valence-corrected chi connectivity index (χ4v) is 0.224. The van der Waals surface area contributed by atoms with Crippen LogP contribution in [0.3, 0.4) is 0 Å². The Morgan fingerprint density at radius 3 is 1.73 bits per heavy atom. The quantitative estimate of drug-likeness (QED) is 0.419. The third-order valence-electron chi connectivity index (χ3n) is 0.620. The van der Waals surface area contributed by atoms with Gasteiger partial charge in [0.1, 0.15) is 0 Å². The summed E-state index contributed by atoms with van der Waals surface area (Å²) in [6.45, 7) is 0. The van der Waals surface area contributed by atoms with E-state index >= 15 is 0 Å². The minimum absolute atomic E-state index is 0.764. The molecule has 0 unspecified atom stereocenters. The molecule has 0 aromatic carbocycles. The number of hydrogen-bond acceptors (Lipinski definition) is 2. The molecule has 6 heteroatoms. The van der Waals surface area contributed by atoms with Crippen molar-refractivity contribution >= 4 is 23.4 Å². The highest BCUT2D eigenvalue weighted by atomic mass is 32.1. The number of rotatable bonds is 0. The van der Waals surface area contributed by atoms with Gasteiger partial charge in [-0.25, -0.2) is 4.79 Å². The van der Waals surface area contributed by atoms with Crippen LogP contribution in [0, 0.1) is 0 Å². The molecule has 0 saturated heterocycles. The van der Waals surface area contributed by atoms with Crippen LogP contribution in [0.25, 0.3) is 0 Å². The third-order valence-corrected chi connectivity index (χ3v) is 1.19. The summed E-state index contributed by atoms with van der Waals surface area (Å²) in [6, 6.07) is -0.833. The first kappa shape index (κ1) is 12.6. The summed E-state index contributed by atoms with van der Waals surface area (Å²) < 4.78 is 0. The first-order valence-corrected chi connectivity index (χ1v) is 3.26. The van der Waals surface area contributed by atoms with Crippen LogP contribution in [0.1, 0.15) is 0 Å². The average molecular weight is 178 g/mol.